The Morgan fingerprint density at radius 3 is 2.62 bits per heavy atom. The van der Waals surface area contributed by atoms with Crippen LogP contribution >= 0.6 is 11.6 Å². The summed E-state index contributed by atoms with van der Waals surface area (Å²) in [5, 5.41) is 0.638. The van der Waals surface area contributed by atoms with Gasteiger partial charge >= 0.3 is 0 Å². The van der Waals surface area contributed by atoms with Crippen LogP contribution in [0, 0.1) is 5.82 Å². The molecule has 0 saturated carbocycles. The molecule has 1 amide bonds. The lowest BCUT2D eigenvalue weighted by molar-refractivity contribution is -0.157. The van der Waals surface area contributed by atoms with Gasteiger partial charge in [0.25, 0.3) is 0 Å². The molecule has 2 fully saturated rings. The number of amides is 1. The number of halogens is 2. The van der Waals surface area contributed by atoms with E-state index in [0.29, 0.717) is 37.0 Å². The van der Waals surface area contributed by atoms with Crippen molar-refractivity contribution in [2.24, 2.45) is 0 Å². The highest BCUT2D eigenvalue weighted by Crippen LogP contribution is 2.27. The maximum absolute atomic E-state index is 13.2. The number of ether oxygens (including phenoxy) is 2. The number of piperidine rings is 1. The summed E-state index contributed by atoms with van der Waals surface area (Å²) in [6.07, 6.45) is 4.75. The molecule has 172 valence electrons. The van der Waals surface area contributed by atoms with E-state index >= 15 is 0 Å². The number of carbonyl (C=O) groups is 1. The first kappa shape index (κ1) is 23.0. The first-order chi connectivity index (χ1) is 15.5. The van der Waals surface area contributed by atoms with E-state index in [1.54, 1.807) is 18.2 Å². The smallest absolute Gasteiger partial charge is 0.225 e. The first-order valence-corrected chi connectivity index (χ1v) is 11.5. The van der Waals surface area contributed by atoms with E-state index in [9.17, 15) is 9.18 Å². The molecule has 1 atom stereocenters. The van der Waals surface area contributed by atoms with Gasteiger partial charge in [0.05, 0.1) is 24.9 Å². The summed E-state index contributed by atoms with van der Waals surface area (Å²) >= 11 is 5.98. The number of rotatable bonds is 7. The molecule has 32 heavy (non-hydrogen) atoms. The second kappa shape index (κ2) is 10.6. The van der Waals surface area contributed by atoms with Crippen LogP contribution < -0.4 is 4.74 Å². The van der Waals surface area contributed by atoms with Crippen molar-refractivity contribution in [1.82, 2.24) is 14.8 Å². The van der Waals surface area contributed by atoms with Gasteiger partial charge in [-0.2, -0.15) is 0 Å². The van der Waals surface area contributed by atoms with E-state index in [1.807, 2.05) is 17.0 Å². The normalized spacial score (nSPS) is 22.0. The second-order valence-electron chi connectivity index (χ2n) is 8.57. The molecular formula is C24H29ClFN3O3. The molecule has 0 radical (unpaired) electrons. The minimum Gasteiger partial charge on any atom is -0.491 e. The van der Waals surface area contributed by atoms with Crippen molar-refractivity contribution < 1.29 is 18.7 Å². The van der Waals surface area contributed by atoms with Gasteiger partial charge in [0.1, 0.15) is 23.8 Å². The fourth-order valence-electron chi connectivity index (χ4n) is 4.31. The third kappa shape index (κ3) is 6.18. The van der Waals surface area contributed by atoms with Gasteiger partial charge in [0, 0.05) is 37.7 Å². The lowest BCUT2D eigenvalue weighted by Crippen LogP contribution is -2.57. The van der Waals surface area contributed by atoms with Crippen LogP contribution in [0.3, 0.4) is 0 Å². The number of morpholine rings is 1. The highest BCUT2D eigenvalue weighted by molar-refractivity contribution is 6.30. The Hall–Kier alpha value is -2.22. The highest BCUT2D eigenvalue weighted by atomic mass is 35.5. The Morgan fingerprint density at radius 2 is 1.91 bits per heavy atom. The Balaban J connectivity index is 1.47. The maximum Gasteiger partial charge on any atom is 0.225 e. The molecule has 0 aliphatic carbocycles. The minimum atomic E-state index is -0.771. The van der Waals surface area contributed by atoms with Crippen molar-refractivity contribution in [2.45, 2.75) is 37.8 Å². The molecule has 6 nitrogen and oxygen atoms in total. The molecule has 0 N–H and O–H groups in total. The molecule has 3 heterocycles. The van der Waals surface area contributed by atoms with Crippen molar-refractivity contribution >= 4 is 17.5 Å². The van der Waals surface area contributed by atoms with E-state index in [2.05, 4.69) is 9.88 Å². The number of aromatic nitrogens is 1. The van der Waals surface area contributed by atoms with Crippen LogP contribution in [0.2, 0.25) is 5.02 Å². The van der Waals surface area contributed by atoms with Crippen molar-refractivity contribution in [2.75, 3.05) is 39.4 Å². The quantitative estimate of drug-likeness (QED) is 0.625. The summed E-state index contributed by atoms with van der Waals surface area (Å²) in [7, 11) is 0. The number of hydrogen-bond donors (Lipinski definition) is 0. The first-order valence-electron chi connectivity index (χ1n) is 11.1. The topological polar surface area (TPSA) is 54.9 Å². The van der Waals surface area contributed by atoms with Gasteiger partial charge in [-0.3, -0.25) is 14.7 Å². The van der Waals surface area contributed by atoms with E-state index in [-0.39, 0.29) is 24.8 Å². The standard InChI is InChI=1S/C24H29ClFN3O3/c25-19-4-8-22(9-5-19)31-18-24(14-23(30)29-10-2-1-3-11-29)17-28(12-13-32-24)16-21-7-6-20(26)15-27-21/h4-9,15H,1-3,10-14,16-18H2. The van der Waals surface area contributed by atoms with Gasteiger partial charge in [0.2, 0.25) is 5.91 Å². The molecule has 0 bridgehead atoms. The van der Waals surface area contributed by atoms with Crippen molar-refractivity contribution in [3.8, 4) is 5.75 Å². The number of hydrogen-bond acceptors (Lipinski definition) is 5. The van der Waals surface area contributed by atoms with Gasteiger partial charge in [-0.05, 0) is 55.7 Å². The molecule has 2 aliphatic heterocycles. The molecule has 2 saturated heterocycles. The summed E-state index contributed by atoms with van der Waals surface area (Å²) in [5.41, 5.74) is 0.00934. The predicted molar refractivity (Wildman–Crippen MR) is 120 cm³/mol. The SMILES string of the molecule is O=C(CC1(COc2ccc(Cl)cc2)CN(Cc2ccc(F)cn2)CCO1)N1CCCCC1. The zero-order valence-corrected chi connectivity index (χ0v) is 18.9. The zero-order chi connectivity index (χ0) is 22.4. The number of benzene rings is 1. The minimum absolute atomic E-state index is 0.103. The molecule has 1 unspecified atom stereocenters. The molecule has 2 aliphatic rings. The van der Waals surface area contributed by atoms with Crippen molar-refractivity contribution in [3.63, 3.8) is 0 Å². The average Bonchev–Trinajstić information content (AvgIpc) is 2.81. The van der Waals surface area contributed by atoms with E-state index < -0.39 is 5.60 Å². The van der Waals surface area contributed by atoms with Crippen LogP contribution in [0.4, 0.5) is 4.39 Å². The third-order valence-corrected chi connectivity index (χ3v) is 6.25. The number of carbonyl (C=O) groups excluding carboxylic acids is 1. The van der Waals surface area contributed by atoms with Crippen molar-refractivity contribution in [1.29, 1.82) is 0 Å². The molecule has 0 spiro atoms. The van der Waals surface area contributed by atoms with Crippen LogP contribution in [0.5, 0.6) is 5.75 Å². The van der Waals surface area contributed by atoms with Crippen molar-refractivity contribution in [3.05, 3.63) is 59.1 Å². The second-order valence-corrected chi connectivity index (χ2v) is 9.01. The summed E-state index contributed by atoms with van der Waals surface area (Å²) in [4.78, 5) is 21.4. The van der Waals surface area contributed by atoms with Gasteiger partial charge in [0.15, 0.2) is 0 Å². The third-order valence-electron chi connectivity index (χ3n) is 6.00. The molecule has 2 aromatic rings. The summed E-state index contributed by atoms with van der Waals surface area (Å²) in [6.45, 7) is 4.13. The van der Waals surface area contributed by atoms with Gasteiger partial charge < -0.3 is 14.4 Å². The van der Waals surface area contributed by atoms with Crippen LogP contribution in [0.1, 0.15) is 31.4 Å². The molecule has 1 aromatic heterocycles. The molecule has 4 rings (SSSR count). The molecule has 8 heteroatoms. The lowest BCUT2D eigenvalue weighted by Gasteiger charge is -2.43. The largest absolute Gasteiger partial charge is 0.491 e. The highest BCUT2D eigenvalue weighted by Gasteiger charge is 2.41. The van der Waals surface area contributed by atoms with Crippen LogP contribution in [-0.2, 0) is 16.1 Å². The summed E-state index contributed by atoms with van der Waals surface area (Å²) < 4.78 is 25.5. The van der Waals surface area contributed by atoms with Crippen LogP contribution in [0.15, 0.2) is 42.6 Å². The van der Waals surface area contributed by atoms with E-state index in [0.717, 1.165) is 31.6 Å². The Morgan fingerprint density at radius 1 is 1.12 bits per heavy atom. The molecular weight excluding hydrogens is 433 g/mol. The maximum atomic E-state index is 13.2. The Kier molecular flexibility index (Phi) is 7.60. The van der Waals surface area contributed by atoms with Gasteiger partial charge in [-0.25, -0.2) is 4.39 Å². The Labute approximate surface area is 193 Å². The summed E-state index contributed by atoms with van der Waals surface area (Å²) in [6, 6.07) is 10.3. The molecule has 1 aromatic carbocycles. The fourth-order valence-corrected chi connectivity index (χ4v) is 4.44. The van der Waals surface area contributed by atoms with Gasteiger partial charge in [-0.15, -0.1) is 0 Å². The Bertz CT molecular complexity index is 890. The van der Waals surface area contributed by atoms with Crippen LogP contribution in [-0.4, -0.2) is 65.7 Å². The lowest BCUT2D eigenvalue weighted by atomic mass is 9.96. The number of nitrogens with zero attached hydrogens (tertiary/aromatic N) is 3. The predicted octanol–water partition coefficient (Wildman–Crippen LogP) is 3.93. The van der Waals surface area contributed by atoms with Crippen LogP contribution in [0.25, 0.3) is 0 Å². The fraction of sp³-hybridized carbons (Fsp3) is 0.500. The van der Waals surface area contributed by atoms with Gasteiger partial charge in [-0.1, -0.05) is 11.6 Å². The van der Waals surface area contributed by atoms with E-state index in [4.69, 9.17) is 21.1 Å². The monoisotopic (exact) mass is 461 g/mol. The summed E-state index contributed by atoms with van der Waals surface area (Å²) in [5.74, 6) is 0.430. The number of pyridine rings is 1. The number of likely N-dealkylation sites (tertiary alicyclic amines) is 1. The van der Waals surface area contributed by atoms with E-state index in [1.165, 1.54) is 18.7 Å². The average molecular weight is 462 g/mol. The zero-order valence-electron chi connectivity index (χ0n) is 18.1.